The Morgan fingerprint density at radius 1 is 1.17 bits per heavy atom. The number of nitrogens with zero attached hydrogens (tertiary/aromatic N) is 1. The molecule has 0 aliphatic carbocycles. The van der Waals surface area contributed by atoms with Gasteiger partial charge in [-0.1, -0.05) is 15.9 Å². The van der Waals surface area contributed by atoms with Crippen LogP contribution in [0.5, 0.6) is 0 Å². The molecular formula is C15H14BrN3O2S2. The number of sulfonamides is 1. The third-order valence-corrected chi connectivity index (χ3v) is 7.09. The standard InChI is InChI=1S/C15H14BrN3O2S2/c1-9-7-11(3-4-12(9)16)19-23(20,21)15-6-5-14(22-15)13-8-10(2)17-18-13/h3-8,19H,1-2H3,(H,17,18). The van der Waals surface area contributed by atoms with Gasteiger partial charge in [0.1, 0.15) is 9.90 Å². The van der Waals surface area contributed by atoms with Crippen molar-refractivity contribution in [3.63, 3.8) is 0 Å². The van der Waals surface area contributed by atoms with Gasteiger partial charge in [-0.15, -0.1) is 11.3 Å². The number of rotatable bonds is 4. The lowest BCUT2D eigenvalue weighted by atomic mass is 10.2. The van der Waals surface area contributed by atoms with E-state index in [4.69, 9.17) is 0 Å². The maximum absolute atomic E-state index is 12.5. The number of H-pyrrole nitrogens is 1. The van der Waals surface area contributed by atoms with Crippen LogP contribution < -0.4 is 4.72 Å². The molecule has 0 amide bonds. The first-order valence-corrected chi connectivity index (χ1v) is 9.85. The van der Waals surface area contributed by atoms with Gasteiger partial charge in [0, 0.05) is 15.9 Å². The fraction of sp³-hybridized carbons (Fsp3) is 0.133. The third kappa shape index (κ3) is 3.49. The van der Waals surface area contributed by atoms with Crippen LogP contribution >= 0.6 is 27.3 Å². The largest absolute Gasteiger partial charge is 0.282 e. The van der Waals surface area contributed by atoms with Crippen molar-refractivity contribution in [1.82, 2.24) is 10.2 Å². The molecule has 0 saturated carbocycles. The number of hydrogen-bond donors (Lipinski definition) is 2. The number of hydrogen-bond acceptors (Lipinski definition) is 4. The summed E-state index contributed by atoms with van der Waals surface area (Å²) in [6, 6.07) is 10.6. The first-order chi connectivity index (χ1) is 10.8. The molecule has 2 N–H and O–H groups in total. The molecule has 23 heavy (non-hydrogen) atoms. The van der Waals surface area contributed by atoms with Crippen LogP contribution in [0.2, 0.25) is 0 Å². The smallest absolute Gasteiger partial charge is 0.271 e. The zero-order chi connectivity index (χ0) is 16.6. The Hall–Kier alpha value is -1.64. The minimum atomic E-state index is -3.61. The van der Waals surface area contributed by atoms with Gasteiger partial charge in [0.05, 0.1) is 4.88 Å². The average molecular weight is 412 g/mol. The molecule has 0 unspecified atom stereocenters. The van der Waals surface area contributed by atoms with Crippen molar-refractivity contribution in [3.05, 3.63) is 52.1 Å². The lowest BCUT2D eigenvalue weighted by Gasteiger charge is -2.07. The molecule has 1 aromatic carbocycles. The van der Waals surface area contributed by atoms with E-state index >= 15 is 0 Å². The summed E-state index contributed by atoms with van der Waals surface area (Å²) in [6.45, 7) is 3.81. The molecule has 0 atom stereocenters. The molecule has 5 nitrogen and oxygen atoms in total. The zero-order valence-corrected chi connectivity index (χ0v) is 15.6. The van der Waals surface area contributed by atoms with Crippen molar-refractivity contribution in [2.75, 3.05) is 4.72 Å². The predicted octanol–water partition coefficient (Wildman–Crippen LogP) is 4.32. The predicted molar refractivity (Wildman–Crippen MR) is 96.3 cm³/mol. The molecule has 0 spiro atoms. The van der Waals surface area contributed by atoms with Crippen molar-refractivity contribution in [1.29, 1.82) is 0 Å². The normalized spacial score (nSPS) is 11.6. The number of halogens is 1. The van der Waals surface area contributed by atoms with Crippen molar-refractivity contribution < 1.29 is 8.42 Å². The second-order valence-electron chi connectivity index (χ2n) is 5.12. The summed E-state index contributed by atoms with van der Waals surface area (Å²) >= 11 is 4.59. The van der Waals surface area contributed by atoms with E-state index in [1.165, 1.54) is 11.3 Å². The van der Waals surface area contributed by atoms with Crippen molar-refractivity contribution in [2.24, 2.45) is 0 Å². The Bertz CT molecular complexity index is 961. The first kappa shape index (κ1) is 16.2. The third-order valence-electron chi connectivity index (χ3n) is 3.21. The van der Waals surface area contributed by atoms with E-state index in [1.54, 1.807) is 24.3 Å². The number of anilines is 1. The molecule has 0 fully saturated rings. The summed E-state index contributed by atoms with van der Waals surface area (Å²) in [5.41, 5.74) is 3.18. The minimum absolute atomic E-state index is 0.258. The molecule has 0 aliphatic heterocycles. The molecule has 0 saturated heterocycles. The summed E-state index contributed by atoms with van der Waals surface area (Å²) < 4.78 is 28.8. The molecule has 120 valence electrons. The van der Waals surface area contributed by atoms with Crippen LogP contribution in [0.15, 0.2) is 45.1 Å². The highest BCUT2D eigenvalue weighted by molar-refractivity contribution is 9.10. The Kier molecular flexibility index (Phi) is 4.31. The molecular weight excluding hydrogens is 398 g/mol. The average Bonchev–Trinajstić information content (AvgIpc) is 3.11. The fourth-order valence-electron chi connectivity index (χ4n) is 2.06. The number of benzene rings is 1. The quantitative estimate of drug-likeness (QED) is 0.670. The van der Waals surface area contributed by atoms with E-state index in [2.05, 4.69) is 30.8 Å². The molecule has 3 rings (SSSR count). The van der Waals surface area contributed by atoms with Crippen LogP contribution in [0, 0.1) is 13.8 Å². The van der Waals surface area contributed by atoms with Crippen LogP contribution in [0.1, 0.15) is 11.3 Å². The van der Waals surface area contributed by atoms with Gasteiger partial charge in [-0.2, -0.15) is 5.10 Å². The van der Waals surface area contributed by atoms with Gasteiger partial charge in [-0.3, -0.25) is 9.82 Å². The maximum Gasteiger partial charge on any atom is 0.271 e. The zero-order valence-electron chi connectivity index (χ0n) is 12.4. The van der Waals surface area contributed by atoms with Crippen LogP contribution in [0.4, 0.5) is 5.69 Å². The molecule has 8 heteroatoms. The van der Waals surface area contributed by atoms with E-state index in [0.29, 0.717) is 5.69 Å². The monoisotopic (exact) mass is 411 g/mol. The van der Waals surface area contributed by atoms with Crippen molar-refractivity contribution in [2.45, 2.75) is 18.1 Å². The summed E-state index contributed by atoms with van der Waals surface area (Å²) in [5.74, 6) is 0. The SMILES string of the molecule is Cc1cc(-c2ccc(S(=O)(=O)Nc3ccc(Br)c(C)c3)s2)n[nH]1. The van der Waals surface area contributed by atoms with E-state index in [9.17, 15) is 8.42 Å². The van der Waals surface area contributed by atoms with Gasteiger partial charge in [-0.25, -0.2) is 8.42 Å². The Balaban J connectivity index is 1.88. The molecule has 2 heterocycles. The number of aryl methyl sites for hydroxylation is 2. The van der Waals surface area contributed by atoms with E-state index < -0.39 is 10.0 Å². The van der Waals surface area contributed by atoms with Gasteiger partial charge in [0.15, 0.2) is 0 Å². The lowest BCUT2D eigenvalue weighted by molar-refractivity contribution is 0.603. The maximum atomic E-state index is 12.5. The summed E-state index contributed by atoms with van der Waals surface area (Å²) in [7, 11) is -3.61. The number of aromatic amines is 1. The highest BCUT2D eigenvalue weighted by atomic mass is 79.9. The second kappa shape index (κ2) is 6.10. The highest BCUT2D eigenvalue weighted by Gasteiger charge is 2.18. The molecule has 0 bridgehead atoms. The topological polar surface area (TPSA) is 74.8 Å². The summed E-state index contributed by atoms with van der Waals surface area (Å²) in [6.07, 6.45) is 0. The van der Waals surface area contributed by atoms with Gasteiger partial charge < -0.3 is 0 Å². The second-order valence-corrected chi connectivity index (χ2v) is 8.97. The highest BCUT2D eigenvalue weighted by Crippen LogP contribution is 2.31. The fourth-order valence-corrected chi connectivity index (χ4v) is 4.62. The number of thiophene rings is 1. The Labute approximate surface area is 146 Å². The van der Waals surface area contributed by atoms with Gasteiger partial charge in [0.25, 0.3) is 10.0 Å². The Morgan fingerprint density at radius 2 is 1.96 bits per heavy atom. The van der Waals surface area contributed by atoms with Crippen molar-refractivity contribution in [3.8, 4) is 10.6 Å². The van der Waals surface area contributed by atoms with Crippen molar-refractivity contribution >= 4 is 43.0 Å². The molecule has 3 aromatic rings. The summed E-state index contributed by atoms with van der Waals surface area (Å²) in [4.78, 5) is 0.807. The minimum Gasteiger partial charge on any atom is -0.282 e. The molecule has 0 radical (unpaired) electrons. The Morgan fingerprint density at radius 3 is 2.61 bits per heavy atom. The van der Waals surface area contributed by atoms with Crippen LogP contribution in [0.3, 0.4) is 0 Å². The molecule has 2 aromatic heterocycles. The van der Waals surface area contributed by atoms with Crippen LogP contribution in [-0.4, -0.2) is 18.6 Å². The lowest BCUT2D eigenvalue weighted by Crippen LogP contribution is -2.11. The van der Waals surface area contributed by atoms with Gasteiger partial charge in [-0.05, 0) is 55.8 Å². The van der Waals surface area contributed by atoms with E-state index in [0.717, 1.165) is 26.3 Å². The number of nitrogens with one attached hydrogen (secondary N) is 2. The number of aromatic nitrogens is 2. The molecule has 0 aliphatic rings. The van der Waals surface area contributed by atoms with E-state index in [1.807, 2.05) is 26.0 Å². The van der Waals surface area contributed by atoms with Crippen LogP contribution in [0.25, 0.3) is 10.6 Å². The van der Waals surface area contributed by atoms with E-state index in [-0.39, 0.29) is 4.21 Å². The van der Waals surface area contributed by atoms with Gasteiger partial charge >= 0.3 is 0 Å². The summed E-state index contributed by atoms with van der Waals surface area (Å²) in [5, 5.41) is 7.01. The van der Waals surface area contributed by atoms with Crippen LogP contribution in [-0.2, 0) is 10.0 Å². The first-order valence-electron chi connectivity index (χ1n) is 6.76. The van der Waals surface area contributed by atoms with Gasteiger partial charge in [0.2, 0.25) is 0 Å².